The third-order valence-corrected chi connectivity index (χ3v) is 4.98. The Morgan fingerprint density at radius 3 is 2.94 bits per heavy atom. The van der Waals surface area contributed by atoms with Gasteiger partial charge in [-0.25, -0.2) is 0 Å². The molecule has 1 aliphatic heterocycles. The van der Waals surface area contributed by atoms with Gasteiger partial charge in [0.25, 0.3) is 0 Å². The van der Waals surface area contributed by atoms with Crippen molar-refractivity contribution in [1.82, 2.24) is 5.32 Å². The number of fused-ring (bicyclic) bond motifs is 1. The Hall–Kier alpha value is -0.220. The fraction of sp³-hybridized carbons (Fsp3) is 0.538. The van der Waals surface area contributed by atoms with Crippen LogP contribution in [-0.4, -0.2) is 17.8 Å². The number of hydrogen-bond acceptors (Lipinski definition) is 3. The van der Waals surface area contributed by atoms with Gasteiger partial charge >= 0.3 is 0 Å². The van der Waals surface area contributed by atoms with Crippen molar-refractivity contribution < 1.29 is 0 Å². The predicted octanol–water partition coefficient (Wildman–Crippen LogP) is 2.96. The minimum absolute atomic E-state index is 0.407. The van der Waals surface area contributed by atoms with Crippen molar-refractivity contribution in [3.05, 3.63) is 28.8 Å². The van der Waals surface area contributed by atoms with Crippen molar-refractivity contribution in [3.8, 4) is 0 Å². The minimum atomic E-state index is 0.407. The van der Waals surface area contributed by atoms with Crippen LogP contribution in [0.2, 0.25) is 5.02 Å². The summed E-state index contributed by atoms with van der Waals surface area (Å²) in [6, 6.07) is 7.70. The summed E-state index contributed by atoms with van der Waals surface area (Å²) in [6.07, 6.45) is 3.41. The van der Waals surface area contributed by atoms with Crippen molar-refractivity contribution in [3.63, 3.8) is 0 Å². The third kappa shape index (κ3) is 2.48. The monoisotopic (exact) mass is 268 g/mol. The van der Waals surface area contributed by atoms with Crippen LogP contribution < -0.4 is 11.1 Å². The Bertz CT molecular complexity index is 418. The van der Waals surface area contributed by atoms with Crippen LogP contribution in [0.3, 0.4) is 0 Å². The lowest BCUT2D eigenvalue weighted by Crippen LogP contribution is -2.49. The van der Waals surface area contributed by atoms with Crippen LogP contribution in [0.4, 0.5) is 0 Å². The third-order valence-electron chi connectivity index (χ3n) is 3.62. The van der Waals surface area contributed by atoms with Crippen LogP contribution >= 0.6 is 23.4 Å². The van der Waals surface area contributed by atoms with Crippen molar-refractivity contribution in [2.75, 3.05) is 5.75 Å². The quantitative estimate of drug-likeness (QED) is 0.866. The molecule has 0 amide bonds. The first kappa shape index (κ1) is 11.8. The van der Waals surface area contributed by atoms with Crippen LogP contribution in [0.25, 0.3) is 0 Å². The number of halogens is 1. The van der Waals surface area contributed by atoms with E-state index < -0.39 is 0 Å². The highest BCUT2D eigenvalue weighted by molar-refractivity contribution is 7.99. The number of thioether (sulfide) groups is 1. The molecular weight excluding hydrogens is 252 g/mol. The average molecular weight is 269 g/mol. The highest BCUT2D eigenvalue weighted by atomic mass is 35.5. The minimum Gasteiger partial charge on any atom is -0.328 e. The van der Waals surface area contributed by atoms with Gasteiger partial charge in [0.15, 0.2) is 0 Å². The normalized spacial score (nSPS) is 31.8. The maximum atomic E-state index is 6.09. The van der Waals surface area contributed by atoms with Crippen LogP contribution in [0.5, 0.6) is 0 Å². The zero-order chi connectivity index (χ0) is 11.8. The van der Waals surface area contributed by atoms with E-state index in [2.05, 4.69) is 17.4 Å². The maximum absolute atomic E-state index is 6.09. The molecule has 0 radical (unpaired) electrons. The molecule has 1 aromatic carbocycles. The molecule has 1 saturated carbocycles. The lowest BCUT2D eigenvalue weighted by molar-refractivity contribution is 0.263. The van der Waals surface area contributed by atoms with E-state index >= 15 is 0 Å². The van der Waals surface area contributed by atoms with Crippen LogP contribution in [0, 0.1) is 0 Å². The summed E-state index contributed by atoms with van der Waals surface area (Å²) in [4.78, 5) is 1.38. The second kappa shape index (κ2) is 4.81. The van der Waals surface area contributed by atoms with E-state index in [9.17, 15) is 0 Å². The molecule has 1 fully saturated rings. The van der Waals surface area contributed by atoms with Gasteiger partial charge in [0.1, 0.15) is 0 Å². The molecule has 0 saturated heterocycles. The van der Waals surface area contributed by atoms with Crippen molar-refractivity contribution >= 4 is 23.4 Å². The fourth-order valence-corrected chi connectivity index (χ4v) is 3.91. The van der Waals surface area contributed by atoms with Gasteiger partial charge in [0, 0.05) is 28.0 Å². The molecule has 1 aromatic rings. The molecule has 1 atom stereocenters. The molecule has 17 heavy (non-hydrogen) atoms. The summed E-state index contributed by atoms with van der Waals surface area (Å²) in [5, 5.41) is 4.55. The van der Waals surface area contributed by atoms with E-state index in [1.807, 2.05) is 17.8 Å². The number of hydrogen-bond donors (Lipinski definition) is 2. The second-order valence-electron chi connectivity index (χ2n) is 4.97. The Kier molecular flexibility index (Phi) is 3.35. The smallest absolute Gasteiger partial charge is 0.0410 e. The second-order valence-corrected chi connectivity index (χ2v) is 6.54. The molecule has 4 heteroatoms. The number of nitrogens with two attached hydrogens (primary N) is 1. The maximum Gasteiger partial charge on any atom is 0.0410 e. The summed E-state index contributed by atoms with van der Waals surface area (Å²) in [5.74, 6) is 1.19. The zero-order valence-corrected chi connectivity index (χ0v) is 11.2. The SMILES string of the molecule is NC1CC(NC2CCSc3ccc(Cl)cc32)C1. The number of nitrogens with one attached hydrogen (secondary N) is 1. The molecule has 92 valence electrons. The van der Waals surface area contributed by atoms with Gasteiger partial charge in [0.05, 0.1) is 0 Å². The molecule has 0 aromatic heterocycles. The summed E-state index contributed by atoms with van der Waals surface area (Å²) in [5.41, 5.74) is 7.20. The van der Waals surface area contributed by atoms with Gasteiger partial charge in [0.2, 0.25) is 0 Å². The van der Waals surface area contributed by atoms with Gasteiger partial charge < -0.3 is 11.1 Å². The molecule has 0 bridgehead atoms. The van der Waals surface area contributed by atoms with E-state index in [4.69, 9.17) is 17.3 Å². The van der Waals surface area contributed by atoms with Gasteiger partial charge in [-0.05, 0) is 48.8 Å². The summed E-state index contributed by atoms with van der Waals surface area (Å²) in [7, 11) is 0. The molecule has 3 rings (SSSR count). The molecular formula is C13H17ClN2S. The van der Waals surface area contributed by atoms with Crippen LogP contribution in [0.15, 0.2) is 23.1 Å². The first-order valence-electron chi connectivity index (χ1n) is 6.16. The van der Waals surface area contributed by atoms with Crippen LogP contribution in [-0.2, 0) is 0 Å². The summed E-state index contributed by atoms with van der Waals surface area (Å²) < 4.78 is 0. The van der Waals surface area contributed by atoms with Gasteiger partial charge in [-0.15, -0.1) is 11.8 Å². The zero-order valence-electron chi connectivity index (χ0n) is 9.66. The Labute approximate surface area is 111 Å². The van der Waals surface area contributed by atoms with Gasteiger partial charge in [-0.2, -0.15) is 0 Å². The lowest BCUT2D eigenvalue weighted by Gasteiger charge is -2.38. The van der Waals surface area contributed by atoms with E-state index in [0.717, 1.165) is 17.9 Å². The Morgan fingerprint density at radius 1 is 1.35 bits per heavy atom. The molecule has 1 heterocycles. The van der Waals surface area contributed by atoms with E-state index in [1.54, 1.807) is 0 Å². The molecule has 2 nitrogen and oxygen atoms in total. The molecule has 1 aliphatic carbocycles. The van der Waals surface area contributed by atoms with Crippen molar-refractivity contribution in [1.29, 1.82) is 0 Å². The Balaban J connectivity index is 1.76. The summed E-state index contributed by atoms with van der Waals surface area (Å²) >= 11 is 8.02. The largest absolute Gasteiger partial charge is 0.328 e. The molecule has 2 aliphatic rings. The van der Waals surface area contributed by atoms with Gasteiger partial charge in [-0.1, -0.05) is 11.6 Å². The van der Waals surface area contributed by atoms with E-state index in [0.29, 0.717) is 18.1 Å². The molecule has 0 spiro atoms. The van der Waals surface area contributed by atoms with E-state index in [1.165, 1.54) is 22.6 Å². The first-order valence-corrected chi connectivity index (χ1v) is 7.52. The first-order chi connectivity index (χ1) is 8.22. The highest BCUT2D eigenvalue weighted by Gasteiger charge is 2.30. The fourth-order valence-electron chi connectivity index (χ4n) is 2.62. The summed E-state index contributed by atoms with van der Waals surface area (Å²) in [6.45, 7) is 0. The van der Waals surface area contributed by atoms with Crippen molar-refractivity contribution in [2.45, 2.75) is 42.3 Å². The highest BCUT2D eigenvalue weighted by Crippen LogP contribution is 2.38. The van der Waals surface area contributed by atoms with Crippen LogP contribution in [0.1, 0.15) is 30.9 Å². The lowest BCUT2D eigenvalue weighted by atomic mass is 9.86. The molecule has 3 N–H and O–H groups in total. The van der Waals surface area contributed by atoms with Crippen molar-refractivity contribution in [2.24, 2.45) is 5.73 Å². The Morgan fingerprint density at radius 2 is 2.18 bits per heavy atom. The standard InChI is InChI=1S/C13H17ClN2S/c14-8-1-2-13-11(5-8)12(3-4-17-13)16-10-6-9(15)7-10/h1-2,5,9-10,12,16H,3-4,6-7,15H2. The van der Waals surface area contributed by atoms with E-state index in [-0.39, 0.29) is 0 Å². The number of benzene rings is 1. The van der Waals surface area contributed by atoms with Gasteiger partial charge in [-0.3, -0.25) is 0 Å². The topological polar surface area (TPSA) is 38.0 Å². The molecule has 1 unspecified atom stereocenters. The average Bonchev–Trinajstić information content (AvgIpc) is 2.28. The predicted molar refractivity (Wildman–Crippen MR) is 73.7 cm³/mol. The number of rotatable bonds is 2.